The van der Waals surface area contributed by atoms with Crippen LogP contribution in [0.15, 0.2) is 54.6 Å². The Morgan fingerprint density at radius 2 is 1.71 bits per heavy atom. The highest BCUT2D eigenvalue weighted by atomic mass is 32.2. The maximum atomic E-state index is 13.9. The molecule has 0 radical (unpaired) electrons. The van der Waals surface area contributed by atoms with Crippen molar-refractivity contribution in [1.29, 1.82) is 0 Å². The van der Waals surface area contributed by atoms with Crippen molar-refractivity contribution in [2.45, 2.75) is 70.9 Å². The van der Waals surface area contributed by atoms with Gasteiger partial charge < -0.3 is 20.1 Å². The first-order chi connectivity index (χ1) is 18.4. The molecular weight excluding hydrogens is 500 g/mol. The van der Waals surface area contributed by atoms with Crippen LogP contribution >= 0.6 is 11.8 Å². The van der Waals surface area contributed by atoms with Gasteiger partial charge in [-0.15, -0.1) is 0 Å². The van der Waals surface area contributed by atoms with E-state index in [1.807, 2.05) is 44.2 Å². The quantitative estimate of drug-likeness (QED) is 0.354. The van der Waals surface area contributed by atoms with Crippen molar-refractivity contribution in [3.8, 4) is 5.75 Å². The lowest BCUT2D eigenvalue weighted by molar-refractivity contribution is -0.136. The minimum Gasteiger partial charge on any atom is -0.497 e. The van der Waals surface area contributed by atoms with Crippen molar-refractivity contribution in [1.82, 2.24) is 5.32 Å². The molecule has 2 aromatic rings. The predicted octanol–water partition coefficient (Wildman–Crippen LogP) is 5.39. The van der Waals surface area contributed by atoms with Crippen LogP contribution in [-0.2, 0) is 25.5 Å². The molecule has 0 aliphatic heterocycles. The van der Waals surface area contributed by atoms with Gasteiger partial charge in [0.15, 0.2) is 5.12 Å². The number of benzene rings is 2. The van der Waals surface area contributed by atoms with Crippen LogP contribution in [0.1, 0.15) is 57.9 Å². The Bertz CT molecular complexity index is 1040. The lowest BCUT2D eigenvalue weighted by Crippen LogP contribution is -2.53. The molecule has 0 heterocycles. The van der Waals surface area contributed by atoms with Gasteiger partial charge in [-0.2, -0.15) is 0 Å². The topological polar surface area (TPSA) is 93.7 Å². The summed E-state index contributed by atoms with van der Waals surface area (Å²) in [5, 5.41) is 6.12. The molecule has 1 fully saturated rings. The van der Waals surface area contributed by atoms with Crippen LogP contribution in [0.4, 0.5) is 5.69 Å². The molecule has 1 atom stereocenters. The molecule has 206 valence electrons. The van der Waals surface area contributed by atoms with Crippen molar-refractivity contribution >= 4 is 34.4 Å². The zero-order chi connectivity index (χ0) is 27.4. The van der Waals surface area contributed by atoms with E-state index in [1.54, 1.807) is 31.4 Å². The van der Waals surface area contributed by atoms with Gasteiger partial charge in [0.2, 0.25) is 11.8 Å². The number of carbonyl (C=O) groups excluding carboxylic acids is 3. The van der Waals surface area contributed by atoms with E-state index in [4.69, 9.17) is 9.47 Å². The highest BCUT2D eigenvalue weighted by molar-refractivity contribution is 8.13. The molecule has 1 saturated carbocycles. The zero-order valence-electron chi connectivity index (χ0n) is 22.7. The van der Waals surface area contributed by atoms with E-state index < -0.39 is 11.5 Å². The van der Waals surface area contributed by atoms with E-state index >= 15 is 0 Å². The Morgan fingerprint density at radius 1 is 1.03 bits per heavy atom. The highest BCUT2D eigenvalue weighted by Gasteiger charge is 2.43. The standard InChI is InChI=1S/C30H40N2O5S/c1-4-9-27(33)38-21-30(18-16-25(17-19-30)37-5-2)29(35)32-26(20-22-10-7-6-8-11-22)28(34)31-23-12-14-24(36-3)15-13-23/h6-8,10-15,25-26H,4-5,9,16-21H2,1-3H3,(H,31,34)(H,32,35)/t25?,26-,30?/m0/s1. The van der Waals surface area contributed by atoms with Crippen molar-refractivity contribution in [3.63, 3.8) is 0 Å². The van der Waals surface area contributed by atoms with E-state index in [1.165, 1.54) is 11.8 Å². The number of methoxy groups -OCH3 is 1. The minimum absolute atomic E-state index is 0.102. The van der Waals surface area contributed by atoms with Gasteiger partial charge in [-0.25, -0.2) is 0 Å². The highest BCUT2D eigenvalue weighted by Crippen LogP contribution is 2.41. The van der Waals surface area contributed by atoms with Gasteiger partial charge in [-0.1, -0.05) is 49.0 Å². The molecule has 0 bridgehead atoms. The van der Waals surface area contributed by atoms with Gasteiger partial charge in [0, 0.05) is 30.9 Å². The smallest absolute Gasteiger partial charge is 0.247 e. The van der Waals surface area contributed by atoms with E-state index in [9.17, 15) is 14.4 Å². The molecule has 2 amide bonds. The molecular formula is C30H40N2O5S. The van der Waals surface area contributed by atoms with Gasteiger partial charge in [-0.3, -0.25) is 14.4 Å². The zero-order valence-corrected chi connectivity index (χ0v) is 23.5. The number of anilines is 1. The number of thioether (sulfide) groups is 1. The number of hydrogen-bond acceptors (Lipinski definition) is 6. The molecule has 8 heteroatoms. The molecule has 0 spiro atoms. The molecule has 1 aliphatic carbocycles. The Kier molecular flexibility index (Phi) is 11.7. The van der Waals surface area contributed by atoms with E-state index in [0.717, 1.165) is 24.8 Å². The molecule has 7 nitrogen and oxygen atoms in total. The maximum absolute atomic E-state index is 13.9. The first-order valence-corrected chi connectivity index (χ1v) is 14.4. The third-order valence-corrected chi connectivity index (χ3v) is 8.22. The Labute approximate surface area is 230 Å². The number of rotatable bonds is 13. The average molecular weight is 541 g/mol. The number of hydrogen-bond donors (Lipinski definition) is 2. The normalized spacial score (nSPS) is 19.8. The van der Waals surface area contributed by atoms with Crippen molar-refractivity contribution in [2.75, 3.05) is 24.8 Å². The van der Waals surface area contributed by atoms with Crippen molar-refractivity contribution in [3.05, 3.63) is 60.2 Å². The summed E-state index contributed by atoms with van der Waals surface area (Å²) >= 11 is 1.24. The predicted molar refractivity (Wildman–Crippen MR) is 152 cm³/mol. The largest absolute Gasteiger partial charge is 0.497 e. The monoisotopic (exact) mass is 540 g/mol. The van der Waals surface area contributed by atoms with Crippen LogP contribution in [0.2, 0.25) is 0 Å². The fraction of sp³-hybridized carbons (Fsp3) is 0.500. The third-order valence-electron chi connectivity index (χ3n) is 7.00. The van der Waals surface area contributed by atoms with E-state index in [2.05, 4.69) is 10.6 Å². The lowest BCUT2D eigenvalue weighted by Gasteiger charge is -2.39. The first kappa shape index (κ1) is 29.7. The summed E-state index contributed by atoms with van der Waals surface area (Å²) in [7, 11) is 1.59. The van der Waals surface area contributed by atoms with Gasteiger partial charge in [0.1, 0.15) is 11.8 Å². The molecule has 0 saturated heterocycles. The molecule has 3 rings (SSSR count). The first-order valence-electron chi connectivity index (χ1n) is 13.5. The second-order valence-corrected chi connectivity index (χ2v) is 10.8. The number of nitrogens with one attached hydrogen (secondary N) is 2. The molecule has 2 aromatic carbocycles. The number of amides is 2. The van der Waals surface area contributed by atoms with E-state index in [-0.39, 0.29) is 23.0 Å². The summed E-state index contributed by atoms with van der Waals surface area (Å²) in [4.78, 5) is 39.7. The van der Waals surface area contributed by atoms with Crippen LogP contribution in [0.3, 0.4) is 0 Å². The van der Waals surface area contributed by atoms with Crippen molar-refractivity contribution < 1.29 is 23.9 Å². The Morgan fingerprint density at radius 3 is 2.32 bits per heavy atom. The average Bonchev–Trinajstić information content (AvgIpc) is 2.93. The van der Waals surface area contributed by atoms with Crippen LogP contribution < -0.4 is 15.4 Å². The molecule has 2 N–H and O–H groups in total. The number of carbonyl (C=O) groups is 3. The summed E-state index contributed by atoms with van der Waals surface area (Å²) in [6.45, 7) is 4.59. The fourth-order valence-electron chi connectivity index (χ4n) is 4.75. The summed E-state index contributed by atoms with van der Waals surface area (Å²) in [6, 6.07) is 16.0. The van der Waals surface area contributed by atoms with Gasteiger partial charge >= 0.3 is 0 Å². The molecule has 0 aromatic heterocycles. The second kappa shape index (κ2) is 14.9. The van der Waals surface area contributed by atoms with Crippen molar-refractivity contribution in [2.24, 2.45) is 5.41 Å². The van der Waals surface area contributed by atoms with Crippen LogP contribution in [-0.4, -0.2) is 48.5 Å². The molecule has 0 unspecified atom stereocenters. The van der Waals surface area contributed by atoms with Crippen LogP contribution in [0, 0.1) is 5.41 Å². The number of ether oxygens (including phenoxy) is 2. The molecule has 38 heavy (non-hydrogen) atoms. The van der Waals surface area contributed by atoms with Gasteiger partial charge in [0.05, 0.1) is 18.6 Å². The summed E-state index contributed by atoms with van der Waals surface area (Å²) in [5.41, 5.74) is 0.844. The van der Waals surface area contributed by atoms with Gasteiger partial charge in [0.25, 0.3) is 0 Å². The second-order valence-electron chi connectivity index (χ2n) is 9.78. The SMILES string of the molecule is CCCC(=O)SCC1(C(=O)N[C@@H](Cc2ccccc2)C(=O)Nc2ccc(OC)cc2)CCC(OCC)CC1. The fourth-order valence-corrected chi connectivity index (χ4v) is 5.96. The van der Waals surface area contributed by atoms with Gasteiger partial charge in [-0.05, 0) is 68.9 Å². The summed E-state index contributed by atoms with van der Waals surface area (Å²) in [5.74, 6) is 0.640. The minimum atomic E-state index is -0.773. The summed E-state index contributed by atoms with van der Waals surface area (Å²) in [6.07, 6.45) is 4.50. The molecule has 1 aliphatic rings. The Hall–Kier alpha value is -2.84. The lowest BCUT2D eigenvalue weighted by atomic mass is 9.73. The van der Waals surface area contributed by atoms with Crippen LogP contribution in [0.25, 0.3) is 0 Å². The van der Waals surface area contributed by atoms with Crippen LogP contribution in [0.5, 0.6) is 5.75 Å². The van der Waals surface area contributed by atoms with E-state index in [0.29, 0.717) is 49.5 Å². The maximum Gasteiger partial charge on any atom is 0.247 e. The summed E-state index contributed by atoms with van der Waals surface area (Å²) < 4.78 is 11.0. The Balaban J connectivity index is 1.79. The third kappa shape index (κ3) is 8.60.